The van der Waals surface area contributed by atoms with Crippen LogP contribution in [0, 0.1) is 0 Å². The highest BCUT2D eigenvalue weighted by Gasteiger charge is 2.26. The zero-order valence-corrected chi connectivity index (χ0v) is 18.7. The van der Waals surface area contributed by atoms with Crippen LogP contribution in [0.15, 0.2) is 41.6 Å². The van der Waals surface area contributed by atoms with Gasteiger partial charge in [-0.25, -0.2) is 9.97 Å². The van der Waals surface area contributed by atoms with Crippen molar-refractivity contribution < 1.29 is 4.79 Å². The van der Waals surface area contributed by atoms with Crippen molar-refractivity contribution in [3.63, 3.8) is 0 Å². The number of rotatable bonds is 4. The zero-order valence-electron chi connectivity index (χ0n) is 17.1. The number of thiophene rings is 1. The van der Waals surface area contributed by atoms with E-state index < -0.39 is 0 Å². The van der Waals surface area contributed by atoms with Gasteiger partial charge in [-0.3, -0.25) is 4.79 Å². The Morgan fingerprint density at radius 3 is 2.40 bits per heavy atom. The number of benzene rings is 1. The summed E-state index contributed by atoms with van der Waals surface area (Å²) < 4.78 is 0. The van der Waals surface area contributed by atoms with Crippen molar-refractivity contribution >= 4 is 50.7 Å². The molecule has 5 rings (SSSR count). The molecule has 0 aliphatic carbocycles. The third-order valence-corrected chi connectivity index (χ3v) is 7.40. The van der Waals surface area contributed by atoms with Crippen LogP contribution in [0.5, 0.6) is 0 Å². The number of thioether (sulfide) groups is 1. The van der Waals surface area contributed by atoms with Crippen LogP contribution in [0.2, 0.25) is 0 Å². The molecule has 0 atom stereocenters. The fourth-order valence-corrected chi connectivity index (χ4v) is 5.63. The van der Waals surface area contributed by atoms with E-state index in [0.717, 1.165) is 65.3 Å². The third kappa shape index (κ3) is 3.74. The smallest absolute Gasteiger partial charge is 0.264 e. The topological polar surface area (TPSA) is 52.6 Å². The van der Waals surface area contributed by atoms with Gasteiger partial charge in [-0.15, -0.1) is 11.3 Å². The molecule has 0 radical (unpaired) electrons. The van der Waals surface area contributed by atoms with E-state index in [-0.39, 0.29) is 5.91 Å². The van der Waals surface area contributed by atoms with Gasteiger partial charge in [0.1, 0.15) is 10.6 Å². The summed E-state index contributed by atoms with van der Waals surface area (Å²) in [5.74, 6) is 1.11. The molecular formula is C22H25N5OS2. The first-order valence-corrected chi connectivity index (χ1v) is 12.5. The van der Waals surface area contributed by atoms with Gasteiger partial charge in [-0.1, -0.05) is 30.0 Å². The molecule has 30 heavy (non-hydrogen) atoms. The molecule has 1 aromatic carbocycles. The molecule has 2 saturated heterocycles. The quantitative estimate of drug-likeness (QED) is 0.453. The van der Waals surface area contributed by atoms with E-state index in [4.69, 9.17) is 9.97 Å². The summed E-state index contributed by atoms with van der Waals surface area (Å²) in [5, 5.41) is 1.80. The minimum atomic E-state index is 0.115. The van der Waals surface area contributed by atoms with Gasteiger partial charge >= 0.3 is 0 Å². The van der Waals surface area contributed by atoms with Crippen LogP contribution in [-0.4, -0.2) is 66.3 Å². The maximum atomic E-state index is 13.3. The van der Waals surface area contributed by atoms with E-state index in [0.29, 0.717) is 0 Å². The molecule has 2 aliphatic rings. The zero-order chi connectivity index (χ0) is 20.5. The van der Waals surface area contributed by atoms with E-state index in [1.54, 1.807) is 11.8 Å². The summed E-state index contributed by atoms with van der Waals surface area (Å²) in [7, 11) is 0. The van der Waals surface area contributed by atoms with Gasteiger partial charge in [-0.2, -0.15) is 0 Å². The minimum Gasteiger partial charge on any atom is -0.368 e. The van der Waals surface area contributed by atoms with Gasteiger partial charge in [0, 0.05) is 45.0 Å². The molecular weight excluding hydrogens is 414 g/mol. The molecule has 0 bridgehead atoms. The van der Waals surface area contributed by atoms with E-state index in [2.05, 4.69) is 34.1 Å². The Morgan fingerprint density at radius 1 is 0.967 bits per heavy atom. The lowest BCUT2D eigenvalue weighted by Crippen LogP contribution is -2.48. The van der Waals surface area contributed by atoms with Crippen molar-refractivity contribution in [3.05, 3.63) is 41.3 Å². The van der Waals surface area contributed by atoms with Crippen LogP contribution in [-0.2, 0) is 0 Å². The molecule has 6 nitrogen and oxygen atoms in total. The van der Waals surface area contributed by atoms with Crippen molar-refractivity contribution in [3.8, 4) is 0 Å². The molecule has 2 aromatic heterocycles. The maximum Gasteiger partial charge on any atom is 0.264 e. The lowest BCUT2D eigenvalue weighted by molar-refractivity contribution is 0.0751. The van der Waals surface area contributed by atoms with Crippen LogP contribution in [0.25, 0.3) is 10.2 Å². The summed E-state index contributed by atoms with van der Waals surface area (Å²) in [5.41, 5.74) is 1.22. The summed E-state index contributed by atoms with van der Waals surface area (Å²) >= 11 is 3.06. The third-order valence-electron chi connectivity index (χ3n) is 5.84. The number of carbonyl (C=O) groups is 1. The van der Waals surface area contributed by atoms with Crippen molar-refractivity contribution in [2.75, 3.05) is 55.3 Å². The Bertz CT molecular complexity index is 1040. The van der Waals surface area contributed by atoms with Gasteiger partial charge in [0.25, 0.3) is 5.91 Å². The Morgan fingerprint density at radius 2 is 1.70 bits per heavy atom. The number of para-hydroxylation sites is 1. The largest absolute Gasteiger partial charge is 0.368 e. The lowest BCUT2D eigenvalue weighted by Gasteiger charge is -2.35. The normalized spacial score (nSPS) is 17.2. The number of nitrogens with zero attached hydrogens (tertiary/aromatic N) is 5. The van der Waals surface area contributed by atoms with Crippen molar-refractivity contribution in [2.45, 2.75) is 18.0 Å². The molecule has 3 aromatic rings. The number of carbonyl (C=O) groups excluding carboxylic acids is 1. The van der Waals surface area contributed by atoms with Gasteiger partial charge in [0.05, 0.1) is 10.3 Å². The van der Waals surface area contributed by atoms with Gasteiger partial charge in [0.15, 0.2) is 5.16 Å². The maximum absolute atomic E-state index is 13.3. The Labute approximate surface area is 184 Å². The van der Waals surface area contributed by atoms with Crippen LogP contribution < -0.4 is 9.80 Å². The standard InChI is InChI=1S/C22H25N5OS2/c1-29-22-23-19(26-9-5-6-10-26)17-15-18(30-20(17)24-22)21(28)27-13-11-25(12-14-27)16-7-3-2-4-8-16/h2-4,7-8,15H,5-6,9-14H2,1H3. The summed E-state index contributed by atoms with van der Waals surface area (Å²) in [6.07, 6.45) is 4.39. The number of piperazine rings is 1. The summed E-state index contributed by atoms with van der Waals surface area (Å²) in [6.45, 7) is 5.25. The van der Waals surface area contributed by atoms with Crippen LogP contribution in [0.1, 0.15) is 22.5 Å². The first kappa shape index (κ1) is 19.6. The van der Waals surface area contributed by atoms with Crippen LogP contribution in [0.4, 0.5) is 11.5 Å². The molecule has 1 amide bonds. The fourth-order valence-electron chi connectivity index (χ4n) is 4.22. The number of anilines is 2. The first-order valence-electron chi connectivity index (χ1n) is 10.4. The second kappa shape index (κ2) is 8.43. The molecule has 0 N–H and O–H groups in total. The predicted molar refractivity (Wildman–Crippen MR) is 125 cm³/mol. The highest BCUT2D eigenvalue weighted by molar-refractivity contribution is 7.98. The van der Waals surface area contributed by atoms with Gasteiger partial charge in [0.2, 0.25) is 0 Å². The summed E-state index contributed by atoms with van der Waals surface area (Å²) in [4.78, 5) is 31.1. The number of amides is 1. The molecule has 156 valence electrons. The highest BCUT2D eigenvalue weighted by atomic mass is 32.2. The lowest BCUT2D eigenvalue weighted by atomic mass is 10.2. The monoisotopic (exact) mass is 439 g/mol. The van der Waals surface area contributed by atoms with E-state index >= 15 is 0 Å². The molecule has 2 fully saturated rings. The predicted octanol–water partition coefficient (Wildman–Crippen LogP) is 3.98. The van der Waals surface area contributed by atoms with Crippen LogP contribution in [0.3, 0.4) is 0 Å². The van der Waals surface area contributed by atoms with Crippen molar-refractivity contribution in [1.82, 2.24) is 14.9 Å². The Kier molecular flexibility index (Phi) is 5.52. The fraction of sp³-hybridized carbons (Fsp3) is 0.409. The SMILES string of the molecule is CSc1nc(N2CCCC2)c2cc(C(=O)N3CCN(c4ccccc4)CC3)sc2n1. The number of aromatic nitrogens is 2. The second-order valence-electron chi connectivity index (χ2n) is 7.67. The molecule has 8 heteroatoms. The van der Waals surface area contributed by atoms with Gasteiger partial charge in [-0.05, 0) is 37.3 Å². The molecule has 0 spiro atoms. The molecule has 0 unspecified atom stereocenters. The number of hydrogen-bond acceptors (Lipinski definition) is 7. The van der Waals surface area contributed by atoms with E-state index in [1.807, 2.05) is 23.3 Å². The highest BCUT2D eigenvalue weighted by Crippen LogP contribution is 2.34. The number of hydrogen-bond donors (Lipinski definition) is 0. The molecule has 0 saturated carbocycles. The summed E-state index contributed by atoms with van der Waals surface area (Å²) in [6, 6.07) is 12.4. The Hall–Kier alpha value is -2.32. The average molecular weight is 440 g/mol. The average Bonchev–Trinajstić information content (AvgIpc) is 3.49. The molecule has 4 heterocycles. The second-order valence-corrected chi connectivity index (χ2v) is 9.48. The van der Waals surface area contributed by atoms with Gasteiger partial charge < -0.3 is 14.7 Å². The number of fused-ring (bicyclic) bond motifs is 1. The van der Waals surface area contributed by atoms with E-state index in [9.17, 15) is 4.79 Å². The molecule has 2 aliphatic heterocycles. The van der Waals surface area contributed by atoms with E-state index in [1.165, 1.54) is 29.9 Å². The minimum absolute atomic E-state index is 0.115. The van der Waals surface area contributed by atoms with Crippen LogP contribution >= 0.6 is 23.1 Å². The Balaban J connectivity index is 1.37. The van der Waals surface area contributed by atoms with Crippen molar-refractivity contribution in [2.24, 2.45) is 0 Å². The first-order chi connectivity index (χ1) is 14.7. The van der Waals surface area contributed by atoms with Crippen molar-refractivity contribution in [1.29, 1.82) is 0 Å².